The van der Waals surface area contributed by atoms with Gasteiger partial charge in [0.25, 0.3) is 0 Å². The first-order valence-corrected chi connectivity index (χ1v) is 10.8. The fourth-order valence-corrected chi connectivity index (χ4v) is 5.06. The van der Waals surface area contributed by atoms with Crippen molar-refractivity contribution in [1.29, 1.82) is 0 Å². The summed E-state index contributed by atoms with van der Waals surface area (Å²) in [5.74, 6) is 0.929. The van der Waals surface area contributed by atoms with E-state index in [-0.39, 0.29) is 12.0 Å². The van der Waals surface area contributed by atoms with Crippen LogP contribution in [0.15, 0.2) is 71.2 Å². The average molecular weight is 504 g/mol. The highest BCUT2D eigenvalue weighted by molar-refractivity contribution is 9.10. The summed E-state index contributed by atoms with van der Waals surface area (Å²) in [6.45, 7) is 2.52. The quantitative estimate of drug-likeness (QED) is 0.335. The fraction of sp³-hybridized carbons (Fsp3) is 0.217. The third-order valence-corrected chi connectivity index (χ3v) is 7.19. The molecule has 1 atom stereocenters. The lowest BCUT2D eigenvalue weighted by atomic mass is 9.83. The summed E-state index contributed by atoms with van der Waals surface area (Å²) in [4.78, 5) is 0. The van der Waals surface area contributed by atoms with Crippen molar-refractivity contribution in [3.05, 3.63) is 93.5 Å². The molecule has 3 aromatic carbocycles. The van der Waals surface area contributed by atoms with Crippen molar-refractivity contribution in [2.24, 2.45) is 0 Å². The fourth-order valence-electron chi connectivity index (χ4n) is 3.66. The molecule has 1 N–H and O–H groups in total. The molecule has 0 aliphatic carbocycles. The topological polar surface area (TPSA) is 38.7 Å². The van der Waals surface area contributed by atoms with Crippen LogP contribution in [0.1, 0.15) is 29.2 Å². The monoisotopic (exact) mass is 502 g/mol. The summed E-state index contributed by atoms with van der Waals surface area (Å²) in [6.07, 6.45) is 0.271. The van der Waals surface area contributed by atoms with Crippen molar-refractivity contribution < 1.29 is 14.6 Å². The molecule has 1 unspecified atom stereocenters. The number of alkyl halides is 1. The molecule has 0 radical (unpaired) electrons. The second-order valence-electron chi connectivity index (χ2n) is 6.66. The Balaban J connectivity index is 1.92. The number of rotatable bonds is 5. The van der Waals surface area contributed by atoms with E-state index in [4.69, 9.17) is 9.47 Å². The van der Waals surface area contributed by atoms with Gasteiger partial charge in [-0.05, 0) is 40.0 Å². The minimum atomic E-state index is -0.732. The van der Waals surface area contributed by atoms with E-state index in [2.05, 4.69) is 31.9 Å². The van der Waals surface area contributed by atoms with Gasteiger partial charge >= 0.3 is 0 Å². The maximum atomic E-state index is 11.2. The van der Waals surface area contributed by atoms with Crippen LogP contribution in [-0.2, 0) is 15.5 Å². The third-order valence-electron chi connectivity index (χ3n) is 5.00. The average Bonchev–Trinajstić information content (AvgIpc) is 3.14. The van der Waals surface area contributed by atoms with Gasteiger partial charge in [0, 0.05) is 24.2 Å². The molecule has 0 saturated heterocycles. The number of phenols is 1. The zero-order valence-corrected chi connectivity index (χ0v) is 18.5. The Kier molecular flexibility index (Phi) is 5.50. The van der Waals surface area contributed by atoms with Gasteiger partial charge in [0.15, 0.2) is 0 Å². The molecule has 4 rings (SSSR count). The summed E-state index contributed by atoms with van der Waals surface area (Å²) in [5.41, 5.74) is 3.67. The predicted octanol–water partition coefficient (Wildman–Crippen LogP) is 6.14. The molecule has 1 aliphatic rings. The van der Waals surface area contributed by atoms with Crippen molar-refractivity contribution in [3.8, 4) is 11.5 Å². The second kappa shape index (κ2) is 7.90. The molecule has 3 aromatic rings. The van der Waals surface area contributed by atoms with Gasteiger partial charge in [0.2, 0.25) is 6.29 Å². The molecule has 1 heterocycles. The van der Waals surface area contributed by atoms with Crippen molar-refractivity contribution in [2.75, 3.05) is 6.61 Å². The van der Waals surface area contributed by atoms with Gasteiger partial charge in [-0.1, -0.05) is 76.6 Å². The van der Waals surface area contributed by atoms with Crippen LogP contribution in [0.25, 0.3) is 0 Å². The van der Waals surface area contributed by atoms with Crippen LogP contribution in [0.2, 0.25) is 0 Å². The van der Waals surface area contributed by atoms with E-state index in [1.807, 2.05) is 73.7 Å². The van der Waals surface area contributed by atoms with Gasteiger partial charge in [-0.25, -0.2) is 0 Å². The van der Waals surface area contributed by atoms with Gasteiger partial charge in [0.05, 0.1) is 4.47 Å². The van der Waals surface area contributed by atoms with Gasteiger partial charge in [-0.3, -0.25) is 0 Å². The number of hydrogen-bond donors (Lipinski definition) is 1. The van der Waals surface area contributed by atoms with Crippen molar-refractivity contribution in [3.63, 3.8) is 0 Å². The van der Waals surface area contributed by atoms with E-state index in [9.17, 15) is 5.11 Å². The number of halogens is 2. The molecular formula is C23H20Br2O3. The van der Waals surface area contributed by atoms with E-state index >= 15 is 0 Å². The highest BCUT2D eigenvalue weighted by atomic mass is 79.9. The molecule has 144 valence electrons. The Hall–Kier alpha value is -1.82. The Morgan fingerprint density at radius 2 is 1.64 bits per heavy atom. The van der Waals surface area contributed by atoms with E-state index in [1.165, 1.54) is 0 Å². The zero-order chi connectivity index (χ0) is 19.7. The van der Waals surface area contributed by atoms with Gasteiger partial charge < -0.3 is 14.6 Å². The number of hydrogen-bond acceptors (Lipinski definition) is 3. The molecule has 0 bridgehead atoms. The zero-order valence-electron chi connectivity index (χ0n) is 15.4. The summed E-state index contributed by atoms with van der Waals surface area (Å²) in [7, 11) is 0. The molecule has 0 aromatic heterocycles. The lowest BCUT2D eigenvalue weighted by Crippen LogP contribution is -2.22. The number of fused-ring (bicyclic) bond motifs is 1. The van der Waals surface area contributed by atoms with E-state index in [0.29, 0.717) is 23.1 Å². The molecular weight excluding hydrogens is 484 g/mol. The molecule has 0 saturated carbocycles. The number of aromatic hydroxyl groups is 1. The third kappa shape index (κ3) is 3.25. The standard InChI is InChI=1S/C23H20Br2O3/c1-2-27-20-13-17-19(28-20)14-18(22(26)21(17)24)23(25,15-9-5-3-6-10-15)16-11-7-4-8-12-16/h3-12,14,20,26H,2,13H2,1H3. The van der Waals surface area contributed by atoms with Crippen molar-refractivity contribution >= 4 is 31.9 Å². The first kappa shape index (κ1) is 19.5. The maximum absolute atomic E-state index is 11.2. The minimum absolute atomic E-state index is 0.198. The normalized spacial score (nSPS) is 15.9. The van der Waals surface area contributed by atoms with Gasteiger partial charge in [-0.15, -0.1) is 0 Å². The summed E-state index contributed by atoms with van der Waals surface area (Å²) in [5, 5.41) is 11.2. The predicted molar refractivity (Wildman–Crippen MR) is 117 cm³/mol. The summed E-state index contributed by atoms with van der Waals surface area (Å²) in [6, 6.07) is 22.1. The molecule has 3 nitrogen and oxygen atoms in total. The number of benzene rings is 3. The van der Waals surface area contributed by atoms with Crippen molar-refractivity contribution in [1.82, 2.24) is 0 Å². The molecule has 5 heteroatoms. The highest BCUT2D eigenvalue weighted by Gasteiger charge is 2.39. The molecule has 28 heavy (non-hydrogen) atoms. The van der Waals surface area contributed by atoms with Crippen LogP contribution in [-0.4, -0.2) is 18.0 Å². The lowest BCUT2D eigenvalue weighted by Gasteiger charge is -2.31. The smallest absolute Gasteiger partial charge is 0.204 e. The Labute approximate surface area is 181 Å². The molecule has 0 spiro atoms. The lowest BCUT2D eigenvalue weighted by molar-refractivity contribution is -0.0602. The first-order valence-electron chi connectivity index (χ1n) is 9.18. The van der Waals surface area contributed by atoms with E-state index < -0.39 is 4.32 Å². The second-order valence-corrected chi connectivity index (χ2v) is 8.64. The Morgan fingerprint density at radius 3 is 2.18 bits per heavy atom. The minimum Gasteiger partial charge on any atom is -0.506 e. The maximum Gasteiger partial charge on any atom is 0.204 e. The molecule has 0 fully saturated rings. The first-order chi connectivity index (χ1) is 13.6. The van der Waals surface area contributed by atoms with Crippen LogP contribution in [0.4, 0.5) is 0 Å². The van der Waals surface area contributed by atoms with Crippen LogP contribution in [0.5, 0.6) is 11.5 Å². The summed E-state index contributed by atoms with van der Waals surface area (Å²) < 4.78 is 11.6. The largest absolute Gasteiger partial charge is 0.506 e. The Morgan fingerprint density at radius 1 is 1.07 bits per heavy atom. The SMILES string of the molecule is CCOC1Cc2c(cc(C(Br)(c3ccccc3)c3ccccc3)c(O)c2Br)O1. The van der Waals surface area contributed by atoms with E-state index in [1.54, 1.807) is 0 Å². The number of ether oxygens (including phenoxy) is 2. The van der Waals surface area contributed by atoms with Crippen LogP contribution in [0.3, 0.4) is 0 Å². The van der Waals surface area contributed by atoms with E-state index in [0.717, 1.165) is 22.4 Å². The summed E-state index contributed by atoms with van der Waals surface area (Å²) >= 11 is 7.57. The van der Waals surface area contributed by atoms with Gasteiger partial charge in [-0.2, -0.15) is 0 Å². The molecule has 0 amide bonds. The van der Waals surface area contributed by atoms with Crippen LogP contribution >= 0.6 is 31.9 Å². The Bertz CT molecular complexity index is 935. The van der Waals surface area contributed by atoms with Crippen molar-refractivity contribution in [2.45, 2.75) is 24.0 Å². The van der Waals surface area contributed by atoms with Crippen LogP contribution in [0, 0.1) is 0 Å². The molecule has 1 aliphatic heterocycles. The highest BCUT2D eigenvalue weighted by Crippen LogP contribution is 2.53. The number of phenolic OH excluding ortho intramolecular Hbond substituents is 1. The van der Waals surface area contributed by atoms with Crippen LogP contribution < -0.4 is 4.74 Å². The van der Waals surface area contributed by atoms with Gasteiger partial charge in [0.1, 0.15) is 15.8 Å².